The smallest absolute Gasteiger partial charge is 0.230 e. The Kier molecular flexibility index (Phi) is 8.03. The Balaban J connectivity index is 1.25. The topological polar surface area (TPSA) is 58.6 Å². The quantitative estimate of drug-likeness (QED) is 0.288. The molecule has 0 N–H and O–H groups in total. The normalized spacial score (nSPS) is 14.6. The van der Waals surface area contributed by atoms with Crippen molar-refractivity contribution in [2.24, 2.45) is 0 Å². The molecule has 3 aromatic carbocycles. The van der Waals surface area contributed by atoms with Crippen LogP contribution in [0.1, 0.15) is 27.8 Å². The molecule has 0 amide bonds. The molecule has 38 heavy (non-hydrogen) atoms. The average molecular weight is 529 g/mol. The highest BCUT2D eigenvalue weighted by Crippen LogP contribution is 2.31. The largest absolute Gasteiger partial charge is 0.438 e. The van der Waals surface area contributed by atoms with Crippen LogP contribution in [0.5, 0.6) is 11.6 Å². The van der Waals surface area contributed by atoms with Crippen LogP contribution < -0.4 is 4.74 Å². The summed E-state index contributed by atoms with van der Waals surface area (Å²) in [6.45, 7) is 9.24. The number of ketones is 1. The molecule has 6 nitrogen and oxygen atoms in total. The molecule has 1 aromatic heterocycles. The lowest BCUT2D eigenvalue weighted by Gasteiger charge is -2.32. The van der Waals surface area contributed by atoms with E-state index in [1.165, 1.54) is 17.5 Å². The van der Waals surface area contributed by atoms with E-state index in [9.17, 15) is 4.79 Å². The third kappa shape index (κ3) is 6.21. The number of piperazine rings is 1. The van der Waals surface area contributed by atoms with E-state index in [-0.39, 0.29) is 12.2 Å². The molecule has 1 aliphatic heterocycles. The van der Waals surface area contributed by atoms with Gasteiger partial charge in [0.15, 0.2) is 0 Å². The minimum atomic E-state index is 0.138. The number of benzene rings is 3. The Labute approximate surface area is 229 Å². The predicted octanol–water partition coefficient (Wildman–Crippen LogP) is 5.79. The van der Waals surface area contributed by atoms with Gasteiger partial charge in [0.25, 0.3) is 0 Å². The van der Waals surface area contributed by atoms with E-state index < -0.39 is 0 Å². The summed E-state index contributed by atoms with van der Waals surface area (Å²) in [5.74, 6) is 1.19. The Morgan fingerprint density at radius 1 is 0.895 bits per heavy atom. The molecule has 7 heteroatoms. The highest BCUT2D eigenvalue weighted by atomic mass is 35.5. The standard InChI is InChI=1S/C31H33ClN4O2/c1-21-14-28-30(15-22(21)2)33-20-34-31(28)38-27-9-8-24(29(32)18-27)17-26(37)16-23-6-4-5-7-25(23)19-36-12-10-35(3)11-13-36/h4-9,14-15,18,20H,10-13,16-17,19H2,1-3H3. The second-order valence-corrected chi connectivity index (χ2v) is 10.6. The number of aryl methyl sites for hydroxylation is 2. The van der Waals surface area contributed by atoms with Gasteiger partial charge in [-0.05, 0) is 73.0 Å². The minimum Gasteiger partial charge on any atom is -0.438 e. The van der Waals surface area contributed by atoms with Crippen molar-refractivity contribution >= 4 is 28.3 Å². The first kappa shape index (κ1) is 26.3. The zero-order valence-corrected chi connectivity index (χ0v) is 23.0. The number of aromatic nitrogens is 2. The second kappa shape index (κ2) is 11.6. The summed E-state index contributed by atoms with van der Waals surface area (Å²) in [4.78, 5) is 26.6. The van der Waals surface area contributed by atoms with Gasteiger partial charge in [0.2, 0.25) is 5.88 Å². The van der Waals surface area contributed by atoms with E-state index >= 15 is 0 Å². The first-order valence-electron chi connectivity index (χ1n) is 13.0. The number of halogens is 1. The maximum Gasteiger partial charge on any atom is 0.230 e. The molecule has 0 bridgehead atoms. The summed E-state index contributed by atoms with van der Waals surface area (Å²) >= 11 is 6.60. The second-order valence-electron chi connectivity index (χ2n) is 10.2. The van der Waals surface area contributed by atoms with Crippen molar-refractivity contribution in [2.75, 3.05) is 33.2 Å². The Bertz CT molecular complexity index is 1460. The molecule has 1 fully saturated rings. The van der Waals surface area contributed by atoms with Crippen LogP contribution in [0.4, 0.5) is 0 Å². The number of hydrogen-bond acceptors (Lipinski definition) is 6. The molecule has 0 unspecified atom stereocenters. The van der Waals surface area contributed by atoms with Gasteiger partial charge in [-0.25, -0.2) is 9.97 Å². The number of ether oxygens (including phenoxy) is 1. The maximum absolute atomic E-state index is 13.1. The number of hydrogen-bond donors (Lipinski definition) is 0. The van der Waals surface area contributed by atoms with Crippen molar-refractivity contribution in [3.8, 4) is 11.6 Å². The van der Waals surface area contributed by atoms with Crippen LogP contribution in [0.3, 0.4) is 0 Å². The first-order chi connectivity index (χ1) is 18.4. The number of nitrogens with zero attached hydrogens (tertiary/aromatic N) is 4. The molecule has 196 valence electrons. The van der Waals surface area contributed by atoms with Crippen LogP contribution in [0.15, 0.2) is 60.9 Å². The van der Waals surface area contributed by atoms with Gasteiger partial charge < -0.3 is 9.64 Å². The zero-order valence-electron chi connectivity index (χ0n) is 22.2. The van der Waals surface area contributed by atoms with Crippen LogP contribution in [-0.2, 0) is 24.2 Å². The molecular weight excluding hydrogens is 496 g/mol. The van der Waals surface area contributed by atoms with Gasteiger partial charge in [0, 0.05) is 50.6 Å². The molecule has 1 saturated heterocycles. The molecule has 0 spiro atoms. The Morgan fingerprint density at radius 2 is 1.61 bits per heavy atom. The maximum atomic E-state index is 13.1. The van der Waals surface area contributed by atoms with Gasteiger partial charge in [0.05, 0.1) is 10.9 Å². The van der Waals surface area contributed by atoms with E-state index in [0.29, 0.717) is 23.1 Å². The first-order valence-corrected chi connectivity index (χ1v) is 13.4. The van der Waals surface area contributed by atoms with Crippen molar-refractivity contribution in [2.45, 2.75) is 33.2 Å². The van der Waals surface area contributed by atoms with Crippen LogP contribution in [0.25, 0.3) is 10.9 Å². The average Bonchev–Trinajstić information content (AvgIpc) is 2.89. The number of Topliss-reactive ketones (excluding diaryl/α,β-unsaturated/α-hetero) is 1. The highest BCUT2D eigenvalue weighted by Gasteiger charge is 2.17. The Hall–Kier alpha value is -3.32. The van der Waals surface area contributed by atoms with Crippen LogP contribution in [-0.4, -0.2) is 58.8 Å². The monoisotopic (exact) mass is 528 g/mol. The molecule has 0 atom stereocenters. The fourth-order valence-electron chi connectivity index (χ4n) is 4.84. The van der Waals surface area contributed by atoms with E-state index in [4.69, 9.17) is 16.3 Å². The van der Waals surface area contributed by atoms with Crippen molar-refractivity contribution in [1.29, 1.82) is 0 Å². The van der Waals surface area contributed by atoms with E-state index in [0.717, 1.165) is 60.3 Å². The molecule has 0 saturated carbocycles. The van der Waals surface area contributed by atoms with Gasteiger partial charge in [-0.2, -0.15) is 0 Å². The summed E-state index contributed by atoms with van der Waals surface area (Å²) in [6, 6.07) is 17.8. The molecule has 0 radical (unpaired) electrons. The van der Waals surface area contributed by atoms with Crippen LogP contribution in [0, 0.1) is 13.8 Å². The highest BCUT2D eigenvalue weighted by molar-refractivity contribution is 6.31. The van der Waals surface area contributed by atoms with Gasteiger partial charge in [-0.1, -0.05) is 41.9 Å². The number of likely N-dealkylation sites (N-methyl/N-ethyl adjacent to an activating group) is 1. The van der Waals surface area contributed by atoms with Crippen LogP contribution in [0.2, 0.25) is 5.02 Å². The lowest BCUT2D eigenvalue weighted by molar-refractivity contribution is -0.117. The van der Waals surface area contributed by atoms with Gasteiger partial charge in [0.1, 0.15) is 17.9 Å². The zero-order chi connectivity index (χ0) is 26.6. The van der Waals surface area contributed by atoms with Crippen molar-refractivity contribution in [3.63, 3.8) is 0 Å². The van der Waals surface area contributed by atoms with E-state index in [1.807, 2.05) is 30.3 Å². The predicted molar refractivity (Wildman–Crippen MR) is 152 cm³/mol. The SMILES string of the molecule is Cc1cc2ncnc(Oc3ccc(CC(=O)Cc4ccccc4CN4CCN(C)CC4)c(Cl)c3)c2cc1C. The molecule has 5 rings (SSSR count). The third-order valence-electron chi connectivity index (χ3n) is 7.34. The number of rotatable bonds is 8. The molecular formula is C31H33ClN4O2. The fraction of sp³-hybridized carbons (Fsp3) is 0.323. The van der Waals surface area contributed by atoms with Gasteiger partial charge in [-0.3, -0.25) is 9.69 Å². The van der Waals surface area contributed by atoms with Gasteiger partial charge in [-0.15, -0.1) is 0 Å². The number of fused-ring (bicyclic) bond motifs is 1. The summed E-state index contributed by atoms with van der Waals surface area (Å²) in [7, 11) is 2.16. The fourth-order valence-corrected chi connectivity index (χ4v) is 5.08. The lowest BCUT2D eigenvalue weighted by atomic mass is 9.98. The Morgan fingerprint density at radius 3 is 2.37 bits per heavy atom. The van der Waals surface area contributed by atoms with E-state index in [1.54, 1.807) is 6.07 Å². The molecule has 0 aliphatic carbocycles. The third-order valence-corrected chi connectivity index (χ3v) is 7.69. The molecule has 4 aromatic rings. The number of carbonyl (C=O) groups excluding carboxylic acids is 1. The summed E-state index contributed by atoms with van der Waals surface area (Å²) in [5, 5.41) is 1.35. The number of carbonyl (C=O) groups is 1. The minimum absolute atomic E-state index is 0.138. The summed E-state index contributed by atoms with van der Waals surface area (Å²) in [5.41, 5.74) is 6.26. The molecule has 2 heterocycles. The van der Waals surface area contributed by atoms with Crippen molar-refractivity contribution < 1.29 is 9.53 Å². The van der Waals surface area contributed by atoms with E-state index in [2.05, 4.69) is 58.9 Å². The lowest BCUT2D eigenvalue weighted by Crippen LogP contribution is -2.44. The summed E-state index contributed by atoms with van der Waals surface area (Å²) in [6.07, 6.45) is 2.17. The van der Waals surface area contributed by atoms with Crippen LogP contribution >= 0.6 is 11.6 Å². The molecule has 1 aliphatic rings. The summed E-state index contributed by atoms with van der Waals surface area (Å²) < 4.78 is 6.09. The van der Waals surface area contributed by atoms with Crippen molar-refractivity contribution in [3.05, 3.63) is 93.8 Å². The van der Waals surface area contributed by atoms with Gasteiger partial charge >= 0.3 is 0 Å². The van der Waals surface area contributed by atoms with Crippen molar-refractivity contribution in [1.82, 2.24) is 19.8 Å².